The number of amides is 1. The molecule has 1 amide bonds. The van der Waals surface area contributed by atoms with E-state index in [1.54, 1.807) is 62.5 Å². The van der Waals surface area contributed by atoms with Crippen LogP contribution in [0.3, 0.4) is 0 Å². The molecule has 0 saturated carbocycles. The Morgan fingerprint density at radius 1 is 1.08 bits per heavy atom. The highest BCUT2D eigenvalue weighted by Crippen LogP contribution is 2.45. The Bertz CT molecular complexity index is 1360. The van der Waals surface area contributed by atoms with Crippen LogP contribution in [-0.4, -0.2) is 45.2 Å². The van der Waals surface area contributed by atoms with Crippen molar-refractivity contribution in [1.29, 1.82) is 5.26 Å². The Morgan fingerprint density at radius 3 is 2.36 bits per heavy atom. The van der Waals surface area contributed by atoms with Crippen LogP contribution in [0, 0.1) is 11.3 Å². The van der Waals surface area contributed by atoms with Gasteiger partial charge in [0, 0.05) is 13.1 Å². The van der Waals surface area contributed by atoms with Gasteiger partial charge in [-0.1, -0.05) is 30.3 Å². The van der Waals surface area contributed by atoms with Gasteiger partial charge in [-0.3, -0.25) is 9.69 Å². The van der Waals surface area contributed by atoms with E-state index in [0.717, 1.165) is 0 Å². The van der Waals surface area contributed by atoms with Crippen molar-refractivity contribution in [2.24, 2.45) is 5.73 Å². The van der Waals surface area contributed by atoms with Crippen molar-refractivity contribution in [1.82, 2.24) is 0 Å². The van der Waals surface area contributed by atoms with E-state index in [1.807, 2.05) is 0 Å². The van der Waals surface area contributed by atoms with Gasteiger partial charge in [-0.25, -0.2) is 9.59 Å². The Balaban J connectivity index is 2.01. The average Bonchev–Trinajstić information content (AvgIpc) is 2.90. The number of carbonyl (C=O) groups is 3. The van der Waals surface area contributed by atoms with E-state index < -0.39 is 24.0 Å². The molecule has 10 nitrogen and oxygen atoms in total. The van der Waals surface area contributed by atoms with Crippen LogP contribution in [0.2, 0.25) is 0 Å². The molecule has 36 heavy (non-hydrogen) atoms. The second-order valence-electron chi connectivity index (χ2n) is 8.14. The molecule has 0 fully saturated rings. The van der Waals surface area contributed by atoms with Crippen LogP contribution in [0.4, 0.5) is 11.4 Å². The molecule has 10 heteroatoms. The van der Waals surface area contributed by atoms with Crippen LogP contribution in [0.1, 0.15) is 18.4 Å². The Morgan fingerprint density at radius 2 is 1.75 bits per heavy atom. The molecule has 0 bridgehead atoms. The average molecular weight is 489 g/mol. The maximum absolute atomic E-state index is 13.2. The molecule has 2 atom stereocenters. The summed E-state index contributed by atoms with van der Waals surface area (Å²) in [7, 11) is 3.99. The summed E-state index contributed by atoms with van der Waals surface area (Å²) in [5.74, 6) is -2.55. The standard InChI is InChI=1S/C26H24N4O6/c1-14-24(31)29(2)18-11-10-16(12-19(18)36-14)30-22(26(33)35-4)21(25(32)34-3)20(17(13-27)23(30)28)15-8-6-5-7-9-15/h5-12,14,20H,28H2,1-4H3. The third-order valence-corrected chi connectivity index (χ3v) is 6.16. The van der Waals surface area contributed by atoms with Gasteiger partial charge >= 0.3 is 11.9 Å². The van der Waals surface area contributed by atoms with Crippen LogP contribution in [0.25, 0.3) is 0 Å². The molecule has 2 aliphatic heterocycles. The van der Waals surface area contributed by atoms with Gasteiger partial charge in [0.05, 0.1) is 48.7 Å². The number of hydrogen-bond donors (Lipinski definition) is 1. The second kappa shape index (κ2) is 9.46. The number of anilines is 2. The number of benzene rings is 2. The SMILES string of the molecule is COC(=O)C1=C(C(=O)OC)N(c2ccc3c(c2)OC(C)C(=O)N3C)C(N)=C(C#N)C1c1ccccc1. The third kappa shape index (κ3) is 3.80. The first kappa shape index (κ1) is 24.3. The van der Waals surface area contributed by atoms with Crippen LogP contribution in [0.15, 0.2) is 71.2 Å². The number of fused-ring (bicyclic) bond motifs is 1. The highest BCUT2D eigenvalue weighted by Gasteiger charge is 2.43. The van der Waals surface area contributed by atoms with E-state index in [-0.39, 0.29) is 28.6 Å². The smallest absolute Gasteiger partial charge is 0.355 e. The molecular formula is C26H24N4O6. The molecule has 0 aromatic heterocycles. The molecular weight excluding hydrogens is 464 g/mol. The minimum atomic E-state index is -0.966. The lowest BCUT2D eigenvalue weighted by molar-refractivity contribution is -0.139. The van der Waals surface area contributed by atoms with E-state index >= 15 is 0 Å². The van der Waals surface area contributed by atoms with Gasteiger partial charge < -0.3 is 24.8 Å². The summed E-state index contributed by atoms with van der Waals surface area (Å²) in [5, 5.41) is 10.1. The lowest BCUT2D eigenvalue weighted by atomic mass is 9.81. The molecule has 2 unspecified atom stereocenters. The molecule has 2 aromatic carbocycles. The van der Waals surface area contributed by atoms with Gasteiger partial charge in [0.15, 0.2) is 6.10 Å². The number of hydrogen-bond acceptors (Lipinski definition) is 9. The molecule has 4 rings (SSSR count). The largest absolute Gasteiger partial charge is 0.479 e. The monoisotopic (exact) mass is 488 g/mol. The van der Waals surface area contributed by atoms with Gasteiger partial charge in [-0.2, -0.15) is 5.26 Å². The summed E-state index contributed by atoms with van der Waals surface area (Å²) in [6, 6.07) is 15.7. The number of nitrogens with zero attached hydrogens (tertiary/aromatic N) is 3. The van der Waals surface area contributed by atoms with Crippen molar-refractivity contribution in [2.75, 3.05) is 31.1 Å². The minimum absolute atomic E-state index is 0.0496. The fraction of sp³-hybridized carbons (Fsp3) is 0.231. The van der Waals surface area contributed by atoms with E-state index in [4.69, 9.17) is 19.9 Å². The van der Waals surface area contributed by atoms with Crippen LogP contribution < -0.4 is 20.3 Å². The zero-order valence-corrected chi connectivity index (χ0v) is 20.1. The topological polar surface area (TPSA) is 135 Å². The van der Waals surface area contributed by atoms with Crippen LogP contribution in [0.5, 0.6) is 5.75 Å². The lowest BCUT2D eigenvalue weighted by Gasteiger charge is -2.37. The van der Waals surface area contributed by atoms with Gasteiger partial charge in [0.25, 0.3) is 5.91 Å². The number of allylic oxidation sites excluding steroid dienone is 1. The first-order valence-electron chi connectivity index (χ1n) is 11.0. The predicted octanol–water partition coefficient (Wildman–Crippen LogP) is 2.33. The maximum Gasteiger partial charge on any atom is 0.355 e. The quantitative estimate of drug-likeness (QED) is 0.643. The van der Waals surface area contributed by atoms with Crippen molar-refractivity contribution in [3.8, 4) is 11.8 Å². The molecule has 0 radical (unpaired) electrons. The minimum Gasteiger partial charge on any atom is -0.479 e. The summed E-state index contributed by atoms with van der Waals surface area (Å²) in [4.78, 5) is 41.3. The number of nitrogens with two attached hydrogens (primary N) is 1. The Labute approximate surface area is 207 Å². The molecule has 2 heterocycles. The van der Waals surface area contributed by atoms with Gasteiger partial charge in [-0.15, -0.1) is 0 Å². The van der Waals surface area contributed by atoms with Gasteiger partial charge in [0.2, 0.25) is 0 Å². The maximum atomic E-state index is 13.2. The first-order chi connectivity index (χ1) is 17.2. The number of likely N-dealkylation sites (N-methyl/N-ethyl adjacent to an activating group) is 1. The summed E-state index contributed by atoms with van der Waals surface area (Å²) in [5.41, 5.74) is 7.68. The fourth-order valence-corrected chi connectivity index (χ4v) is 4.43. The number of nitriles is 1. The second-order valence-corrected chi connectivity index (χ2v) is 8.14. The summed E-state index contributed by atoms with van der Waals surface area (Å²) < 4.78 is 15.9. The molecule has 0 spiro atoms. The summed E-state index contributed by atoms with van der Waals surface area (Å²) in [6.07, 6.45) is -0.731. The molecule has 2 aliphatic rings. The predicted molar refractivity (Wildman–Crippen MR) is 129 cm³/mol. The molecule has 2 N–H and O–H groups in total. The van der Waals surface area contributed by atoms with E-state index in [0.29, 0.717) is 22.7 Å². The molecule has 2 aromatic rings. The lowest BCUT2D eigenvalue weighted by Crippen LogP contribution is -2.42. The Hall–Kier alpha value is -4.78. The van der Waals surface area contributed by atoms with E-state index in [9.17, 15) is 19.6 Å². The highest BCUT2D eigenvalue weighted by molar-refractivity contribution is 6.06. The van der Waals surface area contributed by atoms with E-state index in [1.165, 1.54) is 24.0 Å². The van der Waals surface area contributed by atoms with Crippen molar-refractivity contribution in [2.45, 2.75) is 18.9 Å². The number of esters is 2. The molecule has 0 saturated heterocycles. The van der Waals surface area contributed by atoms with Crippen molar-refractivity contribution >= 4 is 29.2 Å². The normalized spacial score (nSPS) is 19.4. The highest BCUT2D eigenvalue weighted by atomic mass is 16.5. The number of rotatable bonds is 4. The number of carbonyl (C=O) groups excluding carboxylic acids is 3. The van der Waals surface area contributed by atoms with E-state index in [2.05, 4.69) is 6.07 Å². The zero-order valence-electron chi connectivity index (χ0n) is 20.1. The summed E-state index contributed by atoms with van der Waals surface area (Å²) >= 11 is 0. The van der Waals surface area contributed by atoms with Gasteiger partial charge in [0.1, 0.15) is 17.3 Å². The van der Waals surface area contributed by atoms with Crippen molar-refractivity contribution in [3.63, 3.8) is 0 Å². The third-order valence-electron chi connectivity index (χ3n) is 6.16. The Kier molecular flexibility index (Phi) is 6.40. The zero-order chi connectivity index (χ0) is 26.1. The van der Waals surface area contributed by atoms with Crippen molar-refractivity contribution in [3.05, 3.63) is 76.8 Å². The summed E-state index contributed by atoms with van der Waals surface area (Å²) in [6.45, 7) is 1.62. The van der Waals surface area contributed by atoms with Crippen LogP contribution >= 0.6 is 0 Å². The number of methoxy groups -OCH3 is 2. The van der Waals surface area contributed by atoms with Gasteiger partial charge in [-0.05, 0) is 24.6 Å². The molecule has 0 aliphatic carbocycles. The number of ether oxygens (including phenoxy) is 3. The van der Waals surface area contributed by atoms with Crippen molar-refractivity contribution < 1.29 is 28.6 Å². The molecule has 184 valence electrons. The fourth-order valence-electron chi connectivity index (χ4n) is 4.43. The van der Waals surface area contributed by atoms with Crippen LogP contribution in [-0.2, 0) is 23.9 Å². The first-order valence-corrected chi connectivity index (χ1v) is 11.0.